The molecule has 0 heterocycles. The normalized spacial score (nSPS) is 11.1. The number of sulfonamides is 1. The Hall–Kier alpha value is -1.80. The number of amides is 1. The number of rotatable bonds is 7. The Balaban J connectivity index is 2.90. The van der Waals surface area contributed by atoms with Gasteiger partial charge in [-0.2, -0.15) is 0 Å². The molecule has 0 saturated heterocycles. The molecule has 0 bridgehead atoms. The summed E-state index contributed by atoms with van der Waals surface area (Å²) in [6.45, 7) is 4.38. The first-order chi connectivity index (χ1) is 9.40. The van der Waals surface area contributed by atoms with Gasteiger partial charge >= 0.3 is 0 Å². The van der Waals surface area contributed by atoms with Crippen LogP contribution in [0.4, 0.5) is 11.4 Å². The zero-order valence-electron chi connectivity index (χ0n) is 11.6. The van der Waals surface area contributed by atoms with E-state index in [1.165, 1.54) is 18.2 Å². The predicted molar refractivity (Wildman–Crippen MR) is 78.9 cm³/mol. The van der Waals surface area contributed by atoms with Crippen molar-refractivity contribution in [2.24, 2.45) is 0 Å². The SMILES string of the molecule is CCNC(=O)CNc1cc(S(=O)(=O)NCC)ccc1N. The molecule has 1 rings (SSSR count). The van der Waals surface area contributed by atoms with Gasteiger partial charge < -0.3 is 16.4 Å². The van der Waals surface area contributed by atoms with Crippen LogP contribution in [0.15, 0.2) is 23.1 Å². The summed E-state index contributed by atoms with van der Waals surface area (Å²) < 4.78 is 26.1. The molecule has 1 aromatic rings. The van der Waals surface area contributed by atoms with Crippen LogP contribution < -0.4 is 21.1 Å². The number of nitrogens with two attached hydrogens (primary N) is 1. The topological polar surface area (TPSA) is 113 Å². The van der Waals surface area contributed by atoms with E-state index in [1.54, 1.807) is 6.92 Å². The van der Waals surface area contributed by atoms with Crippen molar-refractivity contribution in [2.75, 3.05) is 30.7 Å². The smallest absolute Gasteiger partial charge is 0.240 e. The molecule has 20 heavy (non-hydrogen) atoms. The fraction of sp³-hybridized carbons (Fsp3) is 0.417. The second-order valence-corrected chi connectivity index (χ2v) is 5.82. The molecule has 5 N–H and O–H groups in total. The summed E-state index contributed by atoms with van der Waals surface area (Å²) in [5, 5.41) is 5.45. The monoisotopic (exact) mass is 300 g/mol. The van der Waals surface area contributed by atoms with Crippen molar-refractivity contribution in [3.8, 4) is 0 Å². The highest BCUT2D eigenvalue weighted by Gasteiger charge is 2.14. The van der Waals surface area contributed by atoms with Crippen molar-refractivity contribution < 1.29 is 13.2 Å². The Kier molecular flexibility index (Phi) is 5.78. The first kappa shape index (κ1) is 16.3. The maximum Gasteiger partial charge on any atom is 0.240 e. The van der Waals surface area contributed by atoms with Crippen LogP contribution in [0.5, 0.6) is 0 Å². The molecule has 0 fully saturated rings. The van der Waals surface area contributed by atoms with Crippen molar-refractivity contribution >= 4 is 27.3 Å². The summed E-state index contributed by atoms with van der Waals surface area (Å²) >= 11 is 0. The minimum absolute atomic E-state index is 0.0305. The molecule has 0 aliphatic rings. The van der Waals surface area contributed by atoms with E-state index in [2.05, 4.69) is 15.4 Å². The van der Waals surface area contributed by atoms with Gasteiger partial charge in [-0.25, -0.2) is 13.1 Å². The molecule has 1 amide bonds. The van der Waals surface area contributed by atoms with Gasteiger partial charge in [0.05, 0.1) is 22.8 Å². The molecule has 8 heteroatoms. The van der Waals surface area contributed by atoms with Crippen LogP contribution in [-0.2, 0) is 14.8 Å². The highest BCUT2D eigenvalue weighted by Crippen LogP contribution is 2.22. The van der Waals surface area contributed by atoms with Crippen LogP contribution in [0.2, 0.25) is 0 Å². The van der Waals surface area contributed by atoms with Gasteiger partial charge in [0.1, 0.15) is 0 Å². The Labute approximate surface area is 119 Å². The third kappa shape index (κ3) is 4.39. The van der Waals surface area contributed by atoms with E-state index < -0.39 is 10.0 Å². The molecular weight excluding hydrogens is 280 g/mol. The zero-order chi connectivity index (χ0) is 15.2. The maximum atomic E-state index is 11.9. The van der Waals surface area contributed by atoms with E-state index in [0.29, 0.717) is 24.5 Å². The van der Waals surface area contributed by atoms with Gasteiger partial charge in [-0.3, -0.25) is 4.79 Å². The third-order valence-corrected chi connectivity index (χ3v) is 4.03. The maximum absolute atomic E-state index is 11.9. The Morgan fingerprint density at radius 3 is 2.55 bits per heavy atom. The summed E-state index contributed by atoms with van der Waals surface area (Å²) in [5.74, 6) is -0.188. The number of hydrogen-bond acceptors (Lipinski definition) is 5. The second kappa shape index (κ2) is 7.11. The Morgan fingerprint density at radius 1 is 1.25 bits per heavy atom. The molecule has 0 saturated carbocycles. The number of carbonyl (C=O) groups is 1. The fourth-order valence-corrected chi connectivity index (χ4v) is 2.63. The molecule has 0 spiro atoms. The Bertz CT molecular complexity index is 572. The standard InChI is InChI=1S/C12H20N4O3S/c1-3-14-12(17)8-15-11-7-9(5-6-10(11)13)20(18,19)16-4-2/h5-7,15-16H,3-4,8,13H2,1-2H3,(H,14,17). The molecule has 0 radical (unpaired) electrons. The zero-order valence-corrected chi connectivity index (χ0v) is 12.4. The summed E-state index contributed by atoms with van der Waals surface area (Å²) in [5.41, 5.74) is 6.55. The number of carbonyl (C=O) groups excluding carboxylic acids is 1. The lowest BCUT2D eigenvalue weighted by Crippen LogP contribution is -2.29. The molecule has 0 aromatic heterocycles. The molecule has 0 unspecified atom stereocenters. The van der Waals surface area contributed by atoms with E-state index in [9.17, 15) is 13.2 Å². The van der Waals surface area contributed by atoms with Crippen LogP contribution in [0.1, 0.15) is 13.8 Å². The number of hydrogen-bond donors (Lipinski definition) is 4. The van der Waals surface area contributed by atoms with Crippen LogP contribution in [0.3, 0.4) is 0 Å². The minimum atomic E-state index is -3.54. The summed E-state index contributed by atoms with van der Waals surface area (Å²) in [6.07, 6.45) is 0. The average Bonchev–Trinajstić information content (AvgIpc) is 2.37. The molecule has 1 aromatic carbocycles. The van der Waals surface area contributed by atoms with Crippen molar-refractivity contribution in [3.05, 3.63) is 18.2 Å². The number of anilines is 2. The molecule has 7 nitrogen and oxygen atoms in total. The number of nitrogens with one attached hydrogen (secondary N) is 3. The second-order valence-electron chi connectivity index (χ2n) is 4.06. The fourth-order valence-electron chi connectivity index (χ4n) is 1.56. The lowest BCUT2D eigenvalue weighted by molar-refractivity contribution is -0.119. The average molecular weight is 300 g/mol. The minimum Gasteiger partial charge on any atom is -0.397 e. The lowest BCUT2D eigenvalue weighted by atomic mass is 10.2. The largest absolute Gasteiger partial charge is 0.397 e. The highest BCUT2D eigenvalue weighted by molar-refractivity contribution is 7.89. The van der Waals surface area contributed by atoms with Gasteiger partial charge in [-0.05, 0) is 25.1 Å². The van der Waals surface area contributed by atoms with Crippen molar-refractivity contribution in [2.45, 2.75) is 18.7 Å². The van der Waals surface area contributed by atoms with Crippen molar-refractivity contribution in [1.82, 2.24) is 10.0 Å². The van der Waals surface area contributed by atoms with E-state index >= 15 is 0 Å². The van der Waals surface area contributed by atoms with Crippen LogP contribution in [0, 0.1) is 0 Å². The van der Waals surface area contributed by atoms with Crippen LogP contribution in [0.25, 0.3) is 0 Å². The van der Waals surface area contributed by atoms with Gasteiger partial charge in [-0.1, -0.05) is 6.92 Å². The molecule has 112 valence electrons. The molecule has 0 aliphatic carbocycles. The van der Waals surface area contributed by atoms with Gasteiger partial charge in [0, 0.05) is 13.1 Å². The van der Waals surface area contributed by atoms with E-state index in [4.69, 9.17) is 5.73 Å². The molecular formula is C12H20N4O3S. The number of likely N-dealkylation sites (N-methyl/N-ethyl adjacent to an activating group) is 1. The van der Waals surface area contributed by atoms with Crippen molar-refractivity contribution in [3.63, 3.8) is 0 Å². The summed E-state index contributed by atoms with van der Waals surface area (Å²) in [4.78, 5) is 11.5. The van der Waals surface area contributed by atoms with Crippen LogP contribution in [-0.4, -0.2) is 34.0 Å². The van der Waals surface area contributed by atoms with Gasteiger partial charge in [0.25, 0.3) is 0 Å². The van der Waals surface area contributed by atoms with Gasteiger partial charge in [0.2, 0.25) is 15.9 Å². The third-order valence-electron chi connectivity index (χ3n) is 2.48. The van der Waals surface area contributed by atoms with E-state index in [0.717, 1.165) is 0 Å². The van der Waals surface area contributed by atoms with Gasteiger partial charge in [-0.15, -0.1) is 0 Å². The first-order valence-corrected chi connectivity index (χ1v) is 7.78. The predicted octanol–water partition coefficient (Wildman–Crippen LogP) is 0.115. The molecule has 0 aliphatic heterocycles. The van der Waals surface area contributed by atoms with Gasteiger partial charge in [0.15, 0.2) is 0 Å². The first-order valence-electron chi connectivity index (χ1n) is 6.30. The Morgan fingerprint density at radius 2 is 1.95 bits per heavy atom. The lowest BCUT2D eigenvalue weighted by Gasteiger charge is -2.11. The van der Waals surface area contributed by atoms with E-state index in [-0.39, 0.29) is 17.3 Å². The van der Waals surface area contributed by atoms with Crippen molar-refractivity contribution in [1.29, 1.82) is 0 Å². The van der Waals surface area contributed by atoms with Crippen LogP contribution >= 0.6 is 0 Å². The number of benzene rings is 1. The summed E-state index contributed by atoms with van der Waals surface area (Å²) in [6, 6.07) is 4.32. The quantitative estimate of drug-likeness (QED) is 0.534. The van der Waals surface area contributed by atoms with E-state index in [1.807, 2.05) is 6.92 Å². The summed E-state index contributed by atoms with van der Waals surface area (Å²) in [7, 11) is -3.54. The highest BCUT2D eigenvalue weighted by atomic mass is 32.2. The number of nitrogen functional groups attached to an aromatic ring is 1. The molecule has 0 atom stereocenters.